The van der Waals surface area contributed by atoms with Crippen molar-refractivity contribution in [3.05, 3.63) is 41.0 Å². The van der Waals surface area contributed by atoms with Gasteiger partial charge in [-0.25, -0.2) is 4.99 Å². The zero-order valence-electron chi connectivity index (χ0n) is 14.8. The van der Waals surface area contributed by atoms with Gasteiger partial charge in [0.2, 0.25) is 11.8 Å². The van der Waals surface area contributed by atoms with E-state index in [4.69, 9.17) is 4.74 Å². The molecule has 1 aromatic rings. The van der Waals surface area contributed by atoms with E-state index in [9.17, 15) is 4.79 Å². The van der Waals surface area contributed by atoms with Crippen molar-refractivity contribution in [1.29, 1.82) is 0 Å². The summed E-state index contributed by atoms with van der Waals surface area (Å²) >= 11 is 0. The number of nitrogens with zero attached hydrogens (tertiary/aromatic N) is 2. The molecule has 0 bridgehead atoms. The van der Waals surface area contributed by atoms with Gasteiger partial charge in [0.1, 0.15) is 6.61 Å². The van der Waals surface area contributed by atoms with Gasteiger partial charge in [0.25, 0.3) is 0 Å². The summed E-state index contributed by atoms with van der Waals surface area (Å²) in [6.45, 7) is 9.05. The van der Waals surface area contributed by atoms with E-state index in [0.717, 1.165) is 43.9 Å². The first-order chi connectivity index (χ1) is 11.4. The minimum absolute atomic E-state index is 0.253. The van der Waals surface area contributed by atoms with E-state index in [-0.39, 0.29) is 11.3 Å². The largest absolute Gasteiger partial charge is 0.476 e. The molecule has 0 atom stereocenters. The third-order valence-electron chi connectivity index (χ3n) is 4.45. The van der Waals surface area contributed by atoms with Gasteiger partial charge in [0.15, 0.2) is 0 Å². The lowest BCUT2D eigenvalue weighted by Crippen LogP contribution is -2.42. The predicted octanol–water partition coefficient (Wildman–Crippen LogP) is 3.52. The van der Waals surface area contributed by atoms with Gasteiger partial charge in [-0.05, 0) is 30.5 Å². The Morgan fingerprint density at radius 1 is 1.17 bits per heavy atom. The quantitative estimate of drug-likeness (QED) is 0.834. The van der Waals surface area contributed by atoms with Gasteiger partial charge >= 0.3 is 0 Å². The summed E-state index contributed by atoms with van der Waals surface area (Å²) in [4.78, 5) is 18.7. The van der Waals surface area contributed by atoms with Crippen LogP contribution in [0, 0.1) is 5.41 Å². The van der Waals surface area contributed by atoms with Crippen LogP contribution in [0.15, 0.2) is 34.8 Å². The van der Waals surface area contributed by atoms with Gasteiger partial charge in [-0.2, -0.15) is 0 Å². The maximum atomic E-state index is 12.3. The molecule has 1 fully saturated rings. The fourth-order valence-corrected chi connectivity index (χ4v) is 3.08. The molecule has 0 N–H and O–H groups in total. The molecule has 2 aliphatic rings. The van der Waals surface area contributed by atoms with Crippen LogP contribution in [0.25, 0.3) is 6.08 Å². The Balaban J connectivity index is 1.61. The Labute approximate surface area is 144 Å². The second-order valence-electron chi connectivity index (χ2n) is 7.50. The number of amides is 1. The normalized spacial score (nSPS) is 18.2. The summed E-state index contributed by atoms with van der Waals surface area (Å²) in [6, 6.07) is 8.35. The maximum Gasteiger partial charge on any atom is 0.227 e. The van der Waals surface area contributed by atoms with E-state index < -0.39 is 0 Å². The maximum absolute atomic E-state index is 12.3. The van der Waals surface area contributed by atoms with E-state index in [1.807, 2.05) is 25.7 Å². The molecule has 0 aromatic heterocycles. The lowest BCUT2D eigenvalue weighted by atomic mass is 9.92. The molecule has 0 aliphatic carbocycles. The average Bonchev–Trinajstić information content (AvgIpc) is 3.09. The molecule has 0 radical (unpaired) electrons. The predicted molar refractivity (Wildman–Crippen MR) is 97.0 cm³/mol. The summed E-state index contributed by atoms with van der Waals surface area (Å²) in [6.07, 6.45) is 4.17. The number of hydrogen-bond acceptors (Lipinski definition) is 3. The minimum atomic E-state index is -0.290. The van der Waals surface area contributed by atoms with Crippen LogP contribution in [0.1, 0.15) is 44.7 Å². The van der Waals surface area contributed by atoms with Crippen LogP contribution in [-0.2, 0) is 9.53 Å². The minimum Gasteiger partial charge on any atom is -0.476 e. The number of hydrogen-bond donors (Lipinski definition) is 0. The van der Waals surface area contributed by atoms with E-state index in [0.29, 0.717) is 6.61 Å². The lowest BCUT2D eigenvalue weighted by Gasteiger charge is -2.33. The van der Waals surface area contributed by atoms with E-state index in [1.54, 1.807) is 0 Å². The molecule has 1 amide bonds. The Kier molecular flexibility index (Phi) is 4.74. The number of carbonyl (C=O) groups excluding carboxylic acids is 1. The number of benzene rings is 1. The Morgan fingerprint density at radius 3 is 2.38 bits per heavy atom. The highest BCUT2D eigenvalue weighted by molar-refractivity contribution is 5.95. The number of aliphatic imine (C=N–C) groups is 1. The van der Waals surface area contributed by atoms with Crippen LogP contribution in [0.2, 0.25) is 0 Å². The van der Waals surface area contributed by atoms with Crippen molar-refractivity contribution >= 4 is 17.9 Å². The highest BCUT2D eigenvalue weighted by Gasteiger charge is 2.28. The molecule has 4 nitrogen and oxygen atoms in total. The molecule has 24 heavy (non-hydrogen) atoms. The SMILES string of the molecule is CC(C)(C)C(=O)N1CCC(=Cc2ccc(C3=NCCO3)cc2)CC1. The molecule has 2 heterocycles. The molecule has 3 rings (SSSR count). The standard InChI is InChI=1S/C20H26N2O2/c1-20(2,3)19(23)22-11-8-16(9-12-22)14-15-4-6-17(7-5-15)18-21-10-13-24-18/h4-7,14H,8-13H2,1-3H3. The topological polar surface area (TPSA) is 41.9 Å². The second-order valence-corrected chi connectivity index (χ2v) is 7.50. The average molecular weight is 326 g/mol. The van der Waals surface area contributed by atoms with Crippen molar-refractivity contribution in [2.45, 2.75) is 33.6 Å². The van der Waals surface area contributed by atoms with Crippen molar-refractivity contribution in [1.82, 2.24) is 4.90 Å². The highest BCUT2D eigenvalue weighted by Crippen LogP contribution is 2.24. The van der Waals surface area contributed by atoms with E-state index in [2.05, 4.69) is 35.3 Å². The van der Waals surface area contributed by atoms with Gasteiger partial charge in [-0.15, -0.1) is 0 Å². The van der Waals surface area contributed by atoms with Crippen molar-refractivity contribution in [3.63, 3.8) is 0 Å². The van der Waals surface area contributed by atoms with Crippen LogP contribution in [0.3, 0.4) is 0 Å². The lowest BCUT2D eigenvalue weighted by molar-refractivity contribution is -0.139. The van der Waals surface area contributed by atoms with Gasteiger partial charge < -0.3 is 9.64 Å². The summed E-state index contributed by atoms with van der Waals surface area (Å²) in [5, 5.41) is 0. The Morgan fingerprint density at radius 2 is 1.83 bits per heavy atom. The van der Waals surface area contributed by atoms with Gasteiger partial charge in [0.05, 0.1) is 6.54 Å². The first-order valence-corrected chi connectivity index (χ1v) is 8.70. The van der Waals surface area contributed by atoms with Crippen molar-refractivity contribution in [2.75, 3.05) is 26.2 Å². The molecular weight excluding hydrogens is 300 g/mol. The number of ether oxygens (including phenoxy) is 1. The third-order valence-corrected chi connectivity index (χ3v) is 4.45. The van der Waals surface area contributed by atoms with Crippen LogP contribution >= 0.6 is 0 Å². The number of carbonyl (C=O) groups is 1. The van der Waals surface area contributed by atoms with Crippen LogP contribution in [0.4, 0.5) is 0 Å². The van der Waals surface area contributed by atoms with Gasteiger partial charge in [-0.3, -0.25) is 4.79 Å². The molecule has 0 spiro atoms. The number of piperidine rings is 1. The van der Waals surface area contributed by atoms with Crippen LogP contribution in [-0.4, -0.2) is 42.9 Å². The fourth-order valence-electron chi connectivity index (χ4n) is 3.08. The fraction of sp³-hybridized carbons (Fsp3) is 0.500. The van der Waals surface area contributed by atoms with Crippen LogP contribution < -0.4 is 0 Å². The Bertz CT molecular complexity index is 656. The van der Waals surface area contributed by atoms with Crippen molar-refractivity contribution in [2.24, 2.45) is 10.4 Å². The molecule has 0 unspecified atom stereocenters. The molecular formula is C20H26N2O2. The molecule has 128 valence electrons. The number of likely N-dealkylation sites (tertiary alicyclic amines) is 1. The monoisotopic (exact) mass is 326 g/mol. The van der Waals surface area contributed by atoms with Crippen molar-refractivity contribution < 1.29 is 9.53 Å². The summed E-state index contributed by atoms with van der Waals surface area (Å²) < 4.78 is 5.49. The van der Waals surface area contributed by atoms with E-state index >= 15 is 0 Å². The molecule has 1 saturated heterocycles. The van der Waals surface area contributed by atoms with Crippen molar-refractivity contribution in [3.8, 4) is 0 Å². The molecule has 1 aromatic carbocycles. The first kappa shape index (κ1) is 16.7. The van der Waals surface area contributed by atoms with Gasteiger partial charge in [0, 0.05) is 24.1 Å². The van der Waals surface area contributed by atoms with E-state index in [1.165, 1.54) is 11.1 Å². The van der Waals surface area contributed by atoms with Crippen LogP contribution in [0.5, 0.6) is 0 Å². The summed E-state index contributed by atoms with van der Waals surface area (Å²) in [5.41, 5.74) is 3.36. The number of rotatable bonds is 2. The van der Waals surface area contributed by atoms with Gasteiger partial charge in [-0.1, -0.05) is 44.6 Å². The Hall–Kier alpha value is -2.10. The highest BCUT2D eigenvalue weighted by atomic mass is 16.5. The smallest absolute Gasteiger partial charge is 0.227 e. The first-order valence-electron chi connectivity index (χ1n) is 8.70. The summed E-state index contributed by atoms with van der Waals surface area (Å²) in [7, 11) is 0. The molecule has 2 aliphatic heterocycles. The zero-order valence-corrected chi connectivity index (χ0v) is 14.8. The summed E-state index contributed by atoms with van der Waals surface area (Å²) in [5.74, 6) is 1.01. The third kappa shape index (κ3) is 3.86. The molecule has 4 heteroatoms. The second kappa shape index (κ2) is 6.80. The molecule has 0 saturated carbocycles. The zero-order chi connectivity index (χ0) is 17.2.